The number of anilines is 1. The fourth-order valence-corrected chi connectivity index (χ4v) is 2.92. The second kappa shape index (κ2) is 6.23. The van der Waals surface area contributed by atoms with E-state index in [0.29, 0.717) is 5.22 Å². The number of rotatable bonds is 4. The Kier molecular flexibility index (Phi) is 4.15. The van der Waals surface area contributed by atoms with Gasteiger partial charge in [-0.15, -0.1) is 0 Å². The quantitative estimate of drug-likeness (QED) is 0.734. The topological polar surface area (TPSA) is 55.1 Å². The van der Waals surface area contributed by atoms with Crippen LogP contribution in [0.4, 0.5) is 5.69 Å². The monoisotopic (exact) mass is 312 g/mol. The molecule has 0 aliphatic rings. The average Bonchev–Trinajstić information content (AvgIpc) is 2.87. The standard InChI is InChI=1S/C17H16N2O2S/c1-11-7-12(2)9-13(8-11)18-16(20)10-22-17-19-14-5-3-4-6-15(14)21-17/h3-9H,10H2,1-2H3,(H,18,20). The van der Waals surface area contributed by atoms with Crippen molar-refractivity contribution in [3.05, 3.63) is 53.6 Å². The SMILES string of the molecule is Cc1cc(C)cc(NC(=O)CSc2nc3ccccc3o2)c1. The molecule has 0 saturated heterocycles. The molecule has 2 aromatic carbocycles. The van der Waals surface area contributed by atoms with E-state index in [0.717, 1.165) is 27.9 Å². The number of thioether (sulfide) groups is 1. The maximum atomic E-state index is 12.0. The fourth-order valence-electron chi connectivity index (χ4n) is 2.28. The van der Waals surface area contributed by atoms with Crippen LogP contribution in [0.5, 0.6) is 0 Å². The Hall–Kier alpha value is -2.27. The van der Waals surface area contributed by atoms with Crippen molar-refractivity contribution in [2.24, 2.45) is 0 Å². The lowest BCUT2D eigenvalue weighted by Gasteiger charge is -2.06. The van der Waals surface area contributed by atoms with Gasteiger partial charge in [0, 0.05) is 5.69 Å². The Bertz CT molecular complexity index is 773. The zero-order chi connectivity index (χ0) is 15.5. The summed E-state index contributed by atoms with van der Waals surface area (Å²) in [6, 6.07) is 13.5. The molecule has 0 unspecified atom stereocenters. The van der Waals surface area contributed by atoms with E-state index in [9.17, 15) is 4.79 Å². The minimum absolute atomic E-state index is 0.0720. The van der Waals surface area contributed by atoms with Gasteiger partial charge >= 0.3 is 0 Å². The molecule has 0 fully saturated rings. The summed E-state index contributed by atoms with van der Waals surface area (Å²) in [5.41, 5.74) is 4.61. The molecule has 3 rings (SSSR count). The van der Waals surface area contributed by atoms with Crippen LogP contribution in [0.3, 0.4) is 0 Å². The number of hydrogen-bond donors (Lipinski definition) is 1. The molecule has 0 bridgehead atoms. The van der Waals surface area contributed by atoms with Crippen molar-refractivity contribution in [1.29, 1.82) is 0 Å². The summed E-state index contributed by atoms with van der Waals surface area (Å²) in [6.45, 7) is 4.02. The third-order valence-corrected chi connectivity index (χ3v) is 3.93. The van der Waals surface area contributed by atoms with Gasteiger partial charge in [-0.05, 0) is 49.2 Å². The Morgan fingerprint density at radius 1 is 1.18 bits per heavy atom. The Balaban J connectivity index is 1.62. The molecule has 0 spiro atoms. The van der Waals surface area contributed by atoms with Gasteiger partial charge < -0.3 is 9.73 Å². The summed E-state index contributed by atoms with van der Waals surface area (Å²) >= 11 is 1.29. The molecule has 22 heavy (non-hydrogen) atoms. The maximum Gasteiger partial charge on any atom is 0.257 e. The highest BCUT2D eigenvalue weighted by molar-refractivity contribution is 7.99. The third-order valence-electron chi connectivity index (χ3n) is 3.11. The number of hydrogen-bond acceptors (Lipinski definition) is 4. The average molecular weight is 312 g/mol. The normalized spacial score (nSPS) is 10.8. The molecule has 0 aliphatic heterocycles. The largest absolute Gasteiger partial charge is 0.431 e. The number of nitrogens with zero attached hydrogens (tertiary/aromatic N) is 1. The van der Waals surface area contributed by atoms with Gasteiger partial charge in [0.25, 0.3) is 5.22 Å². The summed E-state index contributed by atoms with van der Waals surface area (Å²) in [6.07, 6.45) is 0. The summed E-state index contributed by atoms with van der Waals surface area (Å²) in [7, 11) is 0. The highest BCUT2D eigenvalue weighted by atomic mass is 32.2. The number of benzene rings is 2. The molecule has 3 aromatic rings. The molecule has 1 aromatic heterocycles. The second-order valence-corrected chi connectivity index (χ2v) is 6.09. The summed E-state index contributed by atoms with van der Waals surface area (Å²) in [5.74, 6) is 0.192. The van der Waals surface area contributed by atoms with Crippen molar-refractivity contribution in [2.45, 2.75) is 19.1 Å². The minimum atomic E-state index is -0.0720. The van der Waals surface area contributed by atoms with E-state index in [1.807, 2.05) is 50.2 Å². The van der Waals surface area contributed by atoms with Crippen LogP contribution in [0, 0.1) is 13.8 Å². The summed E-state index contributed by atoms with van der Waals surface area (Å²) in [4.78, 5) is 16.4. The van der Waals surface area contributed by atoms with Gasteiger partial charge in [-0.25, -0.2) is 4.98 Å². The lowest BCUT2D eigenvalue weighted by Crippen LogP contribution is -2.14. The van der Waals surface area contributed by atoms with Crippen molar-refractivity contribution >= 4 is 34.5 Å². The van der Waals surface area contributed by atoms with Crippen LogP contribution in [0.2, 0.25) is 0 Å². The number of nitrogens with one attached hydrogen (secondary N) is 1. The van der Waals surface area contributed by atoms with Gasteiger partial charge in [0.1, 0.15) is 5.52 Å². The highest BCUT2D eigenvalue weighted by Crippen LogP contribution is 2.23. The highest BCUT2D eigenvalue weighted by Gasteiger charge is 2.09. The van der Waals surface area contributed by atoms with Crippen molar-refractivity contribution in [3.63, 3.8) is 0 Å². The molecule has 0 aliphatic carbocycles. The first-order chi connectivity index (χ1) is 10.6. The molecule has 4 nitrogen and oxygen atoms in total. The lowest BCUT2D eigenvalue weighted by molar-refractivity contribution is -0.113. The van der Waals surface area contributed by atoms with Gasteiger partial charge in [-0.3, -0.25) is 4.79 Å². The van der Waals surface area contributed by atoms with Crippen LogP contribution in [-0.2, 0) is 4.79 Å². The lowest BCUT2D eigenvalue weighted by atomic mass is 10.1. The molecule has 0 radical (unpaired) electrons. The van der Waals surface area contributed by atoms with Crippen LogP contribution < -0.4 is 5.32 Å². The fraction of sp³-hybridized carbons (Fsp3) is 0.176. The van der Waals surface area contributed by atoms with E-state index in [2.05, 4.69) is 16.4 Å². The molecule has 5 heteroatoms. The number of carbonyl (C=O) groups is 1. The number of carbonyl (C=O) groups excluding carboxylic acids is 1. The van der Waals surface area contributed by atoms with Gasteiger partial charge in [-0.1, -0.05) is 30.0 Å². The van der Waals surface area contributed by atoms with Gasteiger partial charge in [0.2, 0.25) is 5.91 Å². The Morgan fingerprint density at radius 3 is 2.64 bits per heavy atom. The van der Waals surface area contributed by atoms with E-state index < -0.39 is 0 Å². The van der Waals surface area contributed by atoms with Crippen LogP contribution in [0.1, 0.15) is 11.1 Å². The molecule has 1 N–H and O–H groups in total. The molecule has 1 amide bonds. The van der Waals surface area contributed by atoms with Crippen LogP contribution in [-0.4, -0.2) is 16.6 Å². The molecular formula is C17H16N2O2S. The van der Waals surface area contributed by atoms with Gasteiger partial charge in [0.15, 0.2) is 5.58 Å². The predicted octanol–water partition coefficient (Wildman–Crippen LogP) is 4.18. The number of fused-ring (bicyclic) bond motifs is 1. The van der Waals surface area contributed by atoms with Crippen molar-refractivity contribution < 1.29 is 9.21 Å². The van der Waals surface area contributed by atoms with Crippen molar-refractivity contribution in [3.8, 4) is 0 Å². The summed E-state index contributed by atoms with van der Waals surface area (Å²) < 4.78 is 5.58. The molecule has 0 saturated carbocycles. The van der Waals surface area contributed by atoms with Gasteiger partial charge in [0.05, 0.1) is 5.75 Å². The Labute approximate surface area is 132 Å². The molecule has 0 atom stereocenters. The van der Waals surface area contributed by atoms with E-state index in [1.54, 1.807) is 0 Å². The number of oxazole rings is 1. The zero-order valence-corrected chi connectivity index (χ0v) is 13.2. The molecule has 1 heterocycles. The first kappa shape index (κ1) is 14.7. The predicted molar refractivity (Wildman–Crippen MR) is 89.3 cm³/mol. The number of aromatic nitrogens is 1. The van der Waals surface area contributed by atoms with Gasteiger partial charge in [-0.2, -0.15) is 0 Å². The maximum absolute atomic E-state index is 12.0. The van der Waals surface area contributed by atoms with Crippen molar-refractivity contribution in [1.82, 2.24) is 4.98 Å². The van der Waals surface area contributed by atoms with E-state index in [-0.39, 0.29) is 11.7 Å². The number of para-hydroxylation sites is 2. The third kappa shape index (κ3) is 3.49. The number of amides is 1. The van der Waals surface area contributed by atoms with E-state index in [1.165, 1.54) is 11.8 Å². The van der Waals surface area contributed by atoms with Crippen LogP contribution >= 0.6 is 11.8 Å². The first-order valence-electron chi connectivity index (χ1n) is 6.97. The smallest absolute Gasteiger partial charge is 0.257 e. The first-order valence-corrected chi connectivity index (χ1v) is 7.95. The van der Waals surface area contributed by atoms with Crippen LogP contribution in [0.15, 0.2) is 52.1 Å². The van der Waals surface area contributed by atoms with Crippen molar-refractivity contribution in [2.75, 3.05) is 11.1 Å². The molecular weight excluding hydrogens is 296 g/mol. The second-order valence-electron chi connectivity index (χ2n) is 5.16. The number of aryl methyl sites for hydroxylation is 2. The minimum Gasteiger partial charge on any atom is -0.431 e. The summed E-state index contributed by atoms with van der Waals surface area (Å²) in [5, 5.41) is 3.41. The zero-order valence-electron chi connectivity index (χ0n) is 12.4. The Morgan fingerprint density at radius 2 is 1.91 bits per heavy atom. The molecule has 112 valence electrons. The van der Waals surface area contributed by atoms with Crippen LogP contribution in [0.25, 0.3) is 11.1 Å². The van der Waals surface area contributed by atoms with E-state index >= 15 is 0 Å². The van der Waals surface area contributed by atoms with E-state index in [4.69, 9.17) is 4.42 Å².